The molecule has 0 saturated carbocycles. The maximum absolute atomic E-state index is 13.5. The maximum Gasteiger partial charge on any atom is 0.264 e. The molecule has 0 amide bonds. The molecule has 0 saturated heterocycles. The van der Waals surface area contributed by atoms with Crippen LogP contribution in [-0.4, -0.2) is 8.42 Å². The highest BCUT2D eigenvalue weighted by Crippen LogP contribution is 2.27. The van der Waals surface area contributed by atoms with Crippen LogP contribution in [0.2, 0.25) is 5.02 Å². The Morgan fingerprint density at radius 1 is 1.10 bits per heavy atom. The van der Waals surface area contributed by atoms with Crippen LogP contribution in [0.1, 0.15) is 0 Å². The lowest BCUT2D eigenvalue weighted by Gasteiger charge is -2.10. The Bertz CT molecular complexity index is 766. The molecule has 20 heavy (non-hydrogen) atoms. The third kappa shape index (κ3) is 3.00. The Morgan fingerprint density at radius 3 is 2.45 bits per heavy atom. The van der Waals surface area contributed by atoms with E-state index in [0.29, 0.717) is 6.07 Å². The molecule has 0 aliphatic rings. The number of hydrogen-bond donors (Lipinski definition) is 2. The zero-order chi connectivity index (χ0) is 14.9. The van der Waals surface area contributed by atoms with E-state index in [2.05, 4.69) is 4.72 Å². The molecule has 3 N–H and O–H groups in total. The van der Waals surface area contributed by atoms with E-state index in [1.807, 2.05) is 0 Å². The van der Waals surface area contributed by atoms with Crippen molar-refractivity contribution in [3.63, 3.8) is 0 Å². The average molecular weight is 319 g/mol. The Kier molecular flexibility index (Phi) is 3.82. The molecule has 106 valence electrons. The van der Waals surface area contributed by atoms with Crippen LogP contribution in [0.5, 0.6) is 0 Å². The third-order valence-electron chi connectivity index (χ3n) is 2.42. The molecular weight excluding hydrogens is 310 g/mol. The van der Waals surface area contributed by atoms with E-state index < -0.39 is 26.6 Å². The number of anilines is 2. The molecule has 0 fully saturated rings. The smallest absolute Gasteiger partial charge is 0.264 e. The zero-order valence-electron chi connectivity index (χ0n) is 9.90. The van der Waals surface area contributed by atoms with E-state index in [4.69, 9.17) is 17.3 Å². The van der Waals surface area contributed by atoms with E-state index in [1.54, 1.807) is 0 Å². The summed E-state index contributed by atoms with van der Waals surface area (Å²) in [6.07, 6.45) is 0. The standard InChI is InChI=1S/C12H9ClF2N2O2S/c13-9-3-2-8(16)6-11(9)17-20(18,19)12-4-1-7(14)5-10(12)15/h1-6,17H,16H2. The van der Waals surface area contributed by atoms with Gasteiger partial charge in [0, 0.05) is 11.8 Å². The van der Waals surface area contributed by atoms with E-state index in [9.17, 15) is 17.2 Å². The first-order valence-corrected chi connectivity index (χ1v) is 7.18. The lowest BCUT2D eigenvalue weighted by molar-refractivity contribution is 0.551. The molecular formula is C12H9ClF2N2O2S. The Labute approximate surface area is 119 Å². The van der Waals surface area contributed by atoms with Crippen molar-refractivity contribution >= 4 is 33.0 Å². The second-order valence-electron chi connectivity index (χ2n) is 3.92. The van der Waals surface area contributed by atoms with Gasteiger partial charge in [0.05, 0.1) is 10.7 Å². The summed E-state index contributed by atoms with van der Waals surface area (Å²) in [6.45, 7) is 0. The largest absolute Gasteiger partial charge is 0.399 e. The monoisotopic (exact) mass is 318 g/mol. The summed E-state index contributed by atoms with van der Waals surface area (Å²) >= 11 is 5.82. The van der Waals surface area contributed by atoms with Crippen LogP contribution in [0.15, 0.2) is 41.3 Å². The summed E-state index contributed by atoms with van der Waals surface area (Å²) in [7, 11) is -4.23. The normalized spacial score (nSPS) is 11.3. The first-order valence-electron chi connectivity index (χ1n) is 5.32. The molecule has 8 heteroatoms. The first kappa shape index (κ1) is 14.5. The van der Waals surface area contributed by atoms with Crippen LogP contribution in [0.25, 0.3) is 0 Å². The van der Waals surface area contributed by atoms with E-state index in [0.717, 1.165) is 12.1 Å². The molecule has 2 aromatic carbocycles. The SMILES string of the molecule is Nc1ccc(Cl)c(NS(=O)(=O)c2ccc(F)cc2F)c1. The minimum Gasteiger partial charge on any atom is -0.399 e. The van der Waals surface area contributed by atoms with Crippen molar-refractivity contribution in [2.75, 3.05) is 10.5 Å². The van der Waals surface area contributed by atoms with Crippen molar-refractivity contribution in [1.82, 2.24) is 0 Å². The minimum atomic E-state index is -4.23. The van der Waals surface area contributed by atoms with Crippen molar-refractivity contribution in [2.45, 2.75) is 4.90 Å². The maximum atomic E-state index is 13.5. The van der Waals surface area contributed by atoms with E-state index in [-0.39, 0.29) is 16.4 Å². The van der Waals surface area contributed by atoms with Gasteiger partial charge in [0.15, 0.2) is 0 Å². The number of nitrogen functional groups attached to an aromatic ring is 1. The van der Waals surface area contributed by atoms with Crippen LogP contribution in [0, 0.1) is 11.6 Å². The van der Waals surface area contributed by atoms with E-state index >= 15 is 0 Å². The van der Waals surface area contributed by atoms with Gasteiger partial charge in [-0.05, 0) is 30.3 Å². The quantitative estimate of drug-likeness (QED) is 0.854. The second-order valence-corrected chi connectivity index (χ2v) is 5.98. The summed E-state index contributed by atoms with van der Waals surface area (Å²) in [5, 5.41) is 0.102. The van der Waals surface area contributed by atoms with Gasteiger partial charge in [0.2, 0.25) is 0 Å². The number of nitrogens with one attached hydrogen (secondary N) is 1. The molecule has 0 radical (unpaired) electrons. The van der Waals surface area contributed by atoms with Crippen LogP contribution in [0.4, 0.5) is 20.2 Å². The minimum absolute atomic E-state index is 0.00962. The van der Waals surface area contributed by atoms with Gasteiger partial charge in [-0.2, -0.15) is 0 Å². The van der Waals surface area contributed by atoms with Gasteiger partial charge in [-0.15, -0.1) is 0 Å². The van der Waals surface area contributed by atoms with Crippen molar-refractivity contribution in [2.24, 2.45) is 0 Å². The fraction of sp³-hybridized carbons (Fsp3) is 0. The summed E-state index contributed by atoms with van der Waals surface area (Å²) in [5.74, 6) is -2.07. The van der Waals surface area contributed by atoms with Gasteiger partial charge in [-0.25, -0.2) is 17.2 Å². The second kappa shape index (κ2) is 5.26. The summed E-state index contributed by atoms with van der Waals surface area (Å²) in [6, 6.07) is 6.33. The van der Waals surface area contributed by atoms with Crippen molar-refractivity contribution in [3.8, 4) is 0 Å². The Balaban J connectivity index is 2.43. The zero-order valence-corrected chi connectivity index (χ0v) is 11.5. The summed E-state index contributed by atoms with van der Waals surface area (Å²) in [5.41, 5.74) is 5.81. The molecule has 0 spiro atoms. The number of benzene rings is 2. The molecule has 0 aromatic heterocycles. The Morgan fingerprint density at radius 2 is 1.80 bits per heavy atom. The van der Waals surface area contributed by atoms with Crippen LogP contribution >= 0.6 is 11.6 Å². The van der Waals surface area contributed by atoms with Crippen LogP contribution in [-0.2, 0) is 10.0 Å². The first-order chi connectivity index (χ1) is 9.29. The van der Waals surface area contributed by atoms with Crippen LogP contribution < -0.4 is 10.5 Å². The van der Waals surface area contributed by atoms with Crippen molar-refractivity contribution < 1.29 is 17.2 Å². The molecule has 2 rings (SSSR count). The molecule has 0 aliphatic heterocycles. The summed E-state index contributed by atoms with van der Waals surface area (Å²) in [4.78, 5) is -0.683. The molecule has 0 atom stereocenters. The fourth-order valence-corrected chi connectivity index (χ4v) is 2.87. The van der Waals surface area contributed by atoms with Gasteiger partial charge in [-0.3, -0.25) is 4.72 Å². The Hall–Kier alpha value is -1.86. The van der Waals surface area contributed by atoms with Crippen molar-refractivity contribution in [1.29, 1.82) is 0 Å². The molecule has 0 unspecified atom stereocenters. The van der Waals surface area contributed by atoms with Gasteiger partial charge < -0.3 is 5.73 Å². The topological polar surface area (TPSA) is 72.2 Å². The molecule has 2 aromatic rings. The lowest BCUT2D eigenvalue weighted by Crippen LogP contribution is -2.15. The van der Waals surface area contributed by atoms with Gasteiger partial charge in [0.25, 0.3) is 10.0 Å². The highest BCUT2D eigenvalue weighted by molar-refractivity contribution is 7.92. The number of hydrogen-bond acceptors (Lipinski definition) is 3. The fourth-order valence-electron chi connectivity index (χ4n) is 1.51. The number of sulfonamides is 1. The molecule has 0 bridgehead atoms. The third-order valence-corrected chi connectivity index (χ3v) is 4.15. The highest BCUT2D eigenvalue weighted by atomic mass is 35.5. The number of halogens is 3. The predicted molar refractivity (Wildman–Crippen MR) is 73.0 cm³/mol. The van der Waals surface area contributed by atoms with Crippen molar-refractivity contribution in [3.05, 3.63) is 53.1 Å². The highest BCUT2D eigenvalue weighted by Gasteiger charge is 2.20. The lowest BCUT2D eigenvalue weighted by atomic mass is 10.3. The molecule has 4 nitrogen and oxygen atoms in total. The molecule has 0 heterocycles. The van der Waals surface area contributed by atoms with Gasteiger partial charge >= 0.3 is 0 Å². The predicted octanol–water partition coefficient (Wildman–Crippen LogP) is 3.00. The van der Waals surface area contributed by atoms with Crippen LogP contribution in [0.3, 0.4) is 0 Å². The average Bonchev–Trinajstić information content (AvgIpc) is 2.33. The van der Waals surface area contributed by atoms with E-state index in [1.165, 1.54) is 18.2 Å². The molecule has 0 aliphatic carbocycles. The van der Waals surface area contributed by atoms with Gasteiger partial charge in [-0.1, -0.05) is 11.6 Å². The number of rotatable bonds is 3. The van der Waals surface area contributed by atoms with Gasteiger partial charge in [0.1, 0.15) is 16.5 Å². The number of nitrogens with two attached hydrogens (primary N) is 1. The summed E-state index contributed by atoms with van der Waals surface area (Å²) < 4.78 is 52.4.